The third kappa shape index (κ3) is 7.10. The maximum absolute atomic E-state index is 12.6. The van der Waals surface area contributed by atoms with E-state index < -0.39 is 0 Å². The molecule has 0 saturated carbocycles. The van der Waals surface area contributed by atoms with Crippen LogP contribution in [0.4, 0.5) is 11.6 Å². The number of unbranched alkanes of at least 4 members (excludes halogenated alkanes) is 3. The largest absolute Gasteiger partial charge is 0.494 e. The molecule has 0 aliphatic rings. The summed E-state index contributed by atoms with van der Waals surface area (Å²) in [6.07, 6.45) is 6.50. The number of carbonyl (C=O) groups excluding carboxylic acids is 2. The minimum atomic E-state index is -0.380. The highest BCUT2D eigenvalue weighted by Gasteiger charge is 2.14. The predicted molar refractivity (Wildman–Crippen MR) is 115 cm³/mol. The van der Waals surface area contributed by atoms with Crippen molar-refractivity contribution in [3.8, 4) is 11.5 Å². The molecule has 3 N–H and O–H groups in total. The number of hydrogen-bond acceptors (Lipinski definition) is 8. The van der Waals surface area contributed by atoms with E-state index in [1.165, 1.54) is 12.4 Å². The molecular weight excluding hydrogens is 402 g/mol. The lowest BCUT2D eigenvalue weighted by molar-refractivity contribution is -0.129. The van der Waals surface area contributed by atoms with Crippen molar-refractivity contribution in [2.75, 3.05) is 33.1 Å². The number of hydrogen-bond donors (Lipinski definition) is 3. The summed E-state index contributed by atoms with van der Waals surface area (Å²) in [6, 6.07) is 5.39. The zero-order chi connectivity index (χ0) is 22.6. The van der Waals surface area contributed by atoms with Crippen LogP contribution in [0.2, 0.25) is 0 Å². The van der Waals surface area contributed by atoms with Gasteiger partial charge in [0, 0.05) is 32.4 Å². The van der Waals surface area contributed by atoms with Crippen molar-refractivity contribution in [2.24, 2.45) is 0 Å². The number of benzene rings is 1. The second-order valence-corrected chi connectivity index (χ2v) is 6.88. The molecule has 0 aliphatic heterocycles. The van der Waals surface area contributed by atoms with Crippen LogP contribution < -0.4 is 20.3 Å². The summed E-state index contributed by atoms with van der Waals surface area (Å²) in [5, 5.41) is 11.5. The quantitative estimate of drug-likeness (QED) is 0.266. The molecule has 0 unspecified atom stereocenters. The molecule has 0 aliphatic carbocycles. The van der Waals surface area contributed by atoms with E-state index in [9.17, 15) is 9.59 Å². The summed E-state index contributed by atoms with van der Waals surface area (Å²) in [6.45, 7) is 0.587. The van der Waals surface area contributed by atoms with Gasteiger partial charge in [-0.05, 0) is 25.0 Å². The zero-order valence-corrected chi connectivity index (χ0v) is 18.1. The van der Waals surface area contributed by atoms with Crippen molar-refractivity contribution in [3.05, 3.63) is 36.2 Å². The third-order valence-electron chi connectivity index (χ3n) is 4.68. The molecule has 31 heavy (non-hydrogen) atoms. The number of rotatable bonds is 12. The Labute approximate surface area is 181 Å². The summed E-state index contributed by atoms with van der Waals surface area (Å²) in [7, 11) is 4.85. The minimum absolute atomic E-state index is 0.166. The van der Waals surface area contributed by atoms with Crippen molar-refractivity contribution < 1.29 is 24.3 Å². The van der Waals surface area contributed by atoms with E-state index in [1.54, 1.807) is 43.8 Å². The van der Waals surface area contributed by atoms with Gasteiger partial charge >= 0.3 is 0 Å². The number of amides is 2. The number of carbonyl (C=O) groups is 2. The Morgan fingerprint density at radius 1 is 1.03 bits per heavy atom. The van der Waals surface area contributed by atoms with Crippen LogP contribution in [0.5, 0.6) is 11.5 Å². The molecule has 0 radical (unpaired) electrons. The Morgan fingerprint density at radius 3 is 2.23 bits per heavy atom. The number of anilines is 2. The summed E-state index contributed by atoms with van der Waals surface area (Å²) in [5.41, 5.74) is 2.60. The lowest BCUT2D eigenvalue weighted by Gasteiger charge is -2.17. The average Bonchev–Trinajstić information content (AvgIpc) is 2.80. The molecule has 0 atom stereocenters. The Bertz CT molecular complexity index is 837. The molecule has 2 aromatic rings. The molecule has 1 heterocycles. The molecule has 2 rings (SSSR count). The SMILES string of the molecule is COc1cccc(OC)c1Nc1ncc(C(=O)N(C)CCCCCCC(=O)NO)cn1. The van der Waals surface area contributed by atoms with Crippen LogP contribution in [0, 0.1) is 0 Å². The highest BCUT2D eigenvalue weighted by atomic mass is 16.5. The first kappa shape index (κ1) is 23.9. The van der Waals surface area contributed by atoms with Gasteiger partial charge in [-0.25, -0.2) is 15.4 Å². The Morgan fingerprint density at radius 2 is 1.65 bits per heavy atom. The van der Waals surface area contributed by atoms with E-state index in [0.29, 0.717) is 48.1 Å². The minimum Gasteiger partial charge on any atom is -0.494 e. The van der Waals surface area contributed by atoms with Crippen molar-refractivity contribution in [2.45, 2.75) is 32.1 Å². The maximum Gasteiger partial charge on any atom is 0.256 e. The van der Waals surface area contributed by atoms with Crippen LogP contribution in [0.3, 0.4) is 0 Å². The molecule has 0 saturated heterocycles. The second kappa shape index (κ2) is 12.3. The first-order chi connectivity index (χ1) is 15.0. The summed E-state index contributed by atoms with van der Waals surface area (Å²) in [4.78, 5) is 33.6. The van der Waals surface area contributed by atoms with Crippen LogP contribution in [0.15, 0.2) is 30.6 Å². The van der Waals surface area contributed by atoms with Gasteiger partial charge in [-0.2, -0.15) is 0 Å². The molecular formula is C21H29N5O5. The number of aromatic nitrogens is 2. The number of nitrogens with one attached hydrogen (secondary N) is 2. The van der Waals surface area contributed by atoms with Gasteiger partial charge < -0.3 is 19.7 Å². The number of nitrogens with zero attached hydrogens (tertiary/aromatic N) is 3. The fraction of sp³-hybridized carbons (Fsp3) is 0.429. The third-order valence-corrected chi connectivity index (χ3v) is 4.68. The first-order valence-electron chi connectivity index (χ1n) is 9.98. The van der Waals surface area contributed by atoms with Gasteiger partial charge in [0.15, 0.2) is 0 Å². The fourth-order valence-electron chi connectivity index (χ4n) is 2.96. The maximum atomic E-state index is 12.6. The number of ether oxygens (including phenoxy) is 2. The van der Waals surface area contributed by atoms with E-state index in [2.05, 4.69) is 15.3 Å². The van der Waals surface area contributed by atoms with Crippen LogP contribution >= 0.6 is 0 Å². The summed E-state index contributed by atoms with van der Waals surface area (Å²) >= 11 is 0. The van der Waals surface area contributed by atoms with Crippen molar-refractivity contribution in [1.29, 1.82) is 0 Å². The number of para-hydroxylation sites is 1. The van der Waals surface area contributed by atoms with E-state index in [0.717, 1.165) is 19.3 Å². The predicted octanol–water partition coefficient (Wildman–Crippen LogP) is 2.77. The summed E-state index contributed by atoms with van der Waals surface area (Å²) < 4.78 is 10.7. The van der Waals surface area contributed by atoms with Gasteiger partial charge in [0.2, 0.25) is 11.9 Å². The average molecular weight is 431 g/mol. The highest BCUT2D eigenvalue weighted by molar-refractivity contribution is 5.93. The molecule has 0 spiro atoms. The second-order valence-electron chi connectivity index (χ2n) is 6.88. The highest BCUT2D eigenvalue weighted by Crippen LogP contribution is 2.35. The van der Waals surface area contributed by atoms with Crippen molar-refractivity contribution >= 4 is 23.5 Å². The van der Waals surface area contributed by atoms with Gasteiger partial charge in [0.1, 0.15) is 17.2 Å². The van der Waals surface area contributed by atoms with Crippen molar-refractivity contribution in [3.63, 3.8) is 0 Å². The summed E-state index contributed by atoms with van der Waals surface area (Å²) in [5.74, 6) is 0.934. The van der Waals surface area contributed by atoms with E-state index >= 15 is 0 Å². The molecule has 168 valence electrons. The molecule has 2 amide bonds. The topological polar surface area (TPSA) is 126 Å². The van der Waals surface area contributed by atoms with Crippen LogP contribution in [0.1, 0.15) is 42.5 Å². The van der Waals surface area contributed by atoms with Crippen LogP contribution in [0.25, 0.3) is 0 Å². The molecule has 0 bridgehead atoms. The number of hydroxylamine groups is 1. The zero-order valence-electron chi connectivity index (χ0n) is 18.1. The van der Waals surface area contributed by atoms with Gasteiger partial charge in [0.25, 0.3) is 5.91 Å². The van der Waals surface area contributed by atoms with Crippen LogP contribution in [-0.2, 0) is 4.79 Å². The van der Waals surface area contributed by atoms with Gasteiger partial charge in [-0.1, -0.05) is 18.9 Å². The van der Waals surface area contributed by atoms with Gasteiger partial charge in [0.05, 0.1) is 19.8 Å². The smallest absolute Gasteiger partial charge is 0.256 e. The lowest BCUT2D eigenvalue weighted by atomic mass is 10.1. The molecule has 0 fully saturated rings. The normalized spacial score (nSPS) is 10.3. The Hall–Kier alpha value is -3.40. The lowest BCUT2D eigenvalue weighted by Crippen LogP contribution is -2.28. The Kier molecular flexibility index (Phi) is 9.50. The molecule has 1 aromatic heterocycles. The van der Waals surface area contributed by atoms with Crippen LogP contribution in [-0.4, -0.2) is 59.7 Å². The monoisotopic (exact) mass is 431 g/mol. The van der Waals surface area contributed by atoms with Gasteiger partial charge in [-0.3, -0.25) is 14.8 Å². The standard InChI is InChI=1S/C21H29N5O5/c1-26(12-7-5-4-6-11-18(27)25-29)20(28)15-13-22-21(23-14-15)24-19-16(30-2)9-8-10-17(19)31-3/h8-10,13-14,29H,4-7,11-12H2,1-3H3,(H,25,27)(H,22,23,24). The molecule has 1 aromatic carbocycles. The number of methoxy groups -OCH3 is 2. The first-order valence-corrected chi connectivity index (χ1v) is 9.98. The van der Waals surface area contributed by atoms with E-state index in [-0.39, 0.29) is 11.8 Å². The Balaban J connectivity index is 1.87. The van der Waals surface area contributed by atoms with Crippen molar-refractivity contribution in [1.82, 2.24) is 20.3 Å². The van der Waals surface area contributed by atoms with Gasteiger partial charge in [-0.15, -0.1) is 0 Å². The van der Waals surface area contributed by atoms with E-state index in [4.69, 9.17) is 14.7 Å². The molecule has 10 heteroatoms. The van der Waals surface area contributed by atoms with E-state index in [1.807, 2.05) is 6.07 Å². The molecule has 10 nitrogen and oxygen atoms in total. The fourth-order valence-corrected chi connectivity index (χ4v) is 2.96.